The van der Waals surface area contributed by atoms with Crippen LogP contribution in [0.1, 0.15) is 36.8 Å². The fourth-order valence-corrected chi connectivity index (χ4v) is 4.65. The third-order valence-electron chi connectivity index (χ3n) is 6.25. The number of hydrogen-bond donors (Lipinski definition) is 1. The van der Waals surface area contributed by atoms with E-state index in [1.54, 1.807) is 14.0 Å². The number of carboxylic acids is 1. The van der Waals surface area contributed by atoms with E-state index in [9.17, 15) is 14.7 Å². The summed E-state index contributed by atoms with van der Waals surface area (Å²) in [6.45, 7) is 2.21. The number of ether oxygens (including phenoxy) is 2. The molecule has 0 atom stereocenters. The number of nitrogens with zero attached hydrogens (tertiary/aromatic N) is 1. The fraction of sp³-hybridized carbons (Fsp3) is 0.391. The molecule has 4 rings (SSSR count). The topological polar surface area (TPSA) is 76.1 Å². The smallest absolute Gasteiger partial charge is 0.410 e. The highest BCUT2D eigenvalue weighted by molar-refractivity contribution is 5.86. The summed E-state index contributed by atoms with van der Waals surface area (Å²) in [5.41, 5.74) is 3.31. The first-order valence-electron chi connectivity index (χ1n) is 9.90. The predicted octanol–water partition coefficient (Wildman–Crippen LogP) is 3.89. The summed E-state index contributed by atoms with van der Waals surface area (Å²) in [6, 6.07) is 16.2. The molecule has 1 N–H and O–H groups in total. The zero-order valence-electron chi connectivity index (χ0n) is 16.6. The average molecular weight is 395 g/mol. The molecule has 2 aromatic rings. The molecule has 2 aliphatic rings. The van der Waals surface area contributed by atoms with Gasteiger partial charge in [0.05, 0.1) is 6.10 Å². The van der Waals surface area contributed by atoms with E-state index >= 15 is 0 Å². The minimum absolute atomic E-state index is 0.0565. The van der Waals surface area contributed by atoms with Crippen molar-refractivity contribution in [1.29, 1.82) is 0 Å². The Morgan fingerprint density at radius 3 is 2.10 bits per heavy atom. The third-order valence-corrected chi connectivity index (χ3v) is 6.25. The van der Waals surface area contributed by atoms with Crippen LogP contribution in [0.3, 0.4) is 0 Å². The molecule has 2 aliphatic carbocycles. The van der Waals surface area contributed by atoms with E-state index in [4.69, 9.17) is 9.47 Å². The number of amides is 1. The molecule has 6 heteroatoms. The highest BCUT2D eigenvalue weighted by Gasteiger charge is 2.56. The molecule has 0 aromatic heterocycles. The Morgan fingerprint density at radius 1 is 1.07 bits per heavy atom. The minimum Gasteiger partial charge on any atom is -0.479 e. The minimum atomic E-state index is -1.25. The van der Waals surface area contributed by atoms with Crippen LogP contribution in [0.4, 0.5) is 4.79 Å². The van der Waals surface area contributed by atoms with E-state index < -0.39 is 17.6 Å². The van der Waals surface area contributed by atoms with E-state index in [2.05, 4.69) is 24.3 Å². The van der Waals surface area contributed by atoms with Crippen LogP contribution in [0.2, 0.25) is 0 Å². The molecule has 1 fully saturated rings. The lowest BCUT2D eigenvalue weighted by molar-refractivity contribution is -0.167. The quantitative estimate of drug-likeness (QED) is 0.803. The zero-order valence-corrected chi connectivity index (χ0v) is 16.6. The summed E-state index contributed by atoms with van der Waals surface area (Å²) in [4.78, 5) is 26.2. The second-order valence-electron chi connectivity index (χ2n) is 7.65. The highest BCUT2D eigenvalue weighted by Crippen LogP contribution is 2.45. The number of likely N-dealkylation sites (N-methyl/N-ethyl adjacent to an activating group) is 1. The molecule has 152 valence electrons. The molecular weight excluding hydrogens is 370 g/mol. The van der Waals surface area contributed by atoms with Crippen LogP contribution in [-0.4, -0.2) is 54.0 Å². The van der Waals surface area contributed by atoms with Crippen molar-refractivity contribution in [2.45, 2.75) is 37.3 Å². The summed E-state index contributed by atoms with van der Waals surface area (Å²) in [5, 5.41) is 9.78. The number of benzene rings is 2. The van der Waals surface area contributed by atoms with Gasteiger partial charge in [-0.1, -0.05) is 48.5 Å². The van der Waals surface area contributed by atoms with Gasteiger partial charge < -0.3 is 14.6 Å². The first-order chi connectivity index (χ1) is 14.0. The number of carbonyl (C=O) groups is 2. The second-order valence-corrected chi connectivity index (χ2v) is 7.65. The molecular formula is C23H25NO5. The van der Waals surface area contributed by atoms with E-state index in [1.807, 2.05) is 24.3 Å². The maximum Gasteiger partial charge on any atom is 0.410 e. The number of aliphatic carboxylic acids is 1. The maximum absolute atomic E-state index is 12.9. The Hall–Kier alpha value is -2.86. The molecule has 0 bridgehead atoms. The zero-order chi connectivity index (χ0) is 20.6. The third kappa shape index (κ3) is 3.08. The van der Waals surface area contributed by atoms with Gasteiger partial charge in [-0.15, -0.1) is 0 Å². The molecule has 0 saturated heterocycles. The van der Waals surface area contributed by atoms with Gasteiger partial charge in [-0.05, 0) is 29.2 Å². The van der Waals surface area contributed by atoms with Crippen LogP contribution in [0.15, 0.2) is 48.5 Å². The van der Waals surface area contributed by atoms with Crippen molar-refractivity contribution in [2.75, 3.05) is 20.3 Å². The standard InChI is InChI=1S/C23H25NO5/c1-3-24(23(21(25)26)12-15(13-23)28-2)22(27)29-14-20-18-10-6-4-8-16(18)17-9-5-7-11-19(17)20/h4-11,15,20H,3,12-14H2,1-2H3,(H,25,26). The van der Waals surface area contributed by atoms with E-state index in [0.717, 1.165) is 22.3 Å². The molecule has 6 nitrogen and oxygen atoms in total. The molecule has 0 radical (unpaired) electrons. The van der Waals surface area contributed by atoms with Crippen LogP contribution in [-0.2, 0) is 14.3 Å². The van der Waals surface area contributed by atoms with Crippen LogP contribution < -0.4 is 0 Å². The van der Waals surface area contributed by atoms with Crippen molar-refractivity contribution in [3.8, 4) is 11.1 Å². The SMILES string of the molecule is CCN(C(=O)OCC1c2ccccc2-c2ccccc21)C1(C(=O)O)CC(OC)C1. The molecule has 1 amide bonds. The number of carbonyl (C=O) groups excluding carboxylic acids is 1. The van der Waals surface area contributed by atoms with E-state index in [1.165, 1.54) is 4.90 Å². The van der Waals surface area contributed by atoms with Gasteiger partial charge in [0.2, 0.25) is 0 Å². The van der Waals surface area contributed by atoms with E-state index in [0.29, 0.717) is 0 Å². The number of carboxylic acid groups (broad SMARTS) is 1. The van der Waals surface area contributed by atoms with Crippen molar-refractivity contribution in [2.24, 2.45) is 0 Å². The average Bonchev–Trinajstić information content (AvgIpc) is 3.02. The molecule has 0 aliphatic heterocycles. The lowest BCUT2D eigenvalue weighted by Gasteiger charge is -2.49. The molecule has 0 heterocycles. The van der Waals surface area contributed by atoms with Gasteiger partial charge in [0, 0.05) is 32.4 Å². The Labute approximate surface area is 170 Å². The van der Waals surface area contributed by atoms with Crippen molar-refractivity contribution in [3.63, 3.8) is 0 Å². The van der Waals surface area contributed by atoms with Gasteiger partial charge in [0.1, 0.15) is 12.1 Å². The lowest BCUT2D eigenvalue weighted by Crippen LogP contribution is -2.66. The summed E-state index contributed by atoms with van der Waals surface area (Å²) < 4.78 is 10.9. The highest BCUT2D eigenvalue weighted by atomic mass is 16.6. The molecule has 29 heavy (non-hydrogen) atoms. The van der Waals surface area contributed by atoms with Gasteiger partial charge in [-0.2, -0.15) is 0 Å². The number of fused-ring (bicyclic) bond motifs is 3. The Morgan fingerprint density at radius 2 is 1.62 bits per heavy atom. The Balaban J connectivity index is 1.53. The van der Waals surface area contributed by atoms with Crippen LogP contribution in [0, 0.1) is 0 Å². The first-order valence-corrected chi connectivity index (χ1v) is 9.90. The molecule has 2 aromatic carbocycles. The van der Waals surface area contributed by atoms with Crippen LogP contribution >= 0.6 is 0 Å². The molecule has 0 unspecified atom stereocenters. The summed E-state index contributed by atoms with van der Waals surface area (Å²) in [7, 11) is 1.56. The van der Waals surface area contributed by atoms with Crippen LogP contribution in [0.25, 0.3) is 11.1 Å². The second kappa shape index (κ2) is 7.52. The molecule has 1 saturated carbocycles. The summed E-state index contributed by atoms with van der Waals surface area (Å²) in [5.74, 6) is -1.07. The number of methoxy groups -OCH3 is 1. The predicted molar refractivity (Wildman–Crippen MR) is 108 cm³/mol. The molecule has 0 spiro atoms. The first kappa shape index (κ1) is 19.5. The van der Waals surface area contributed by atoms with Crippen LogP contribution in [0.5, 0.6) is 0 Å². The lowest BCUT2D eigenvalue weighted by atomic mass is 9.73. The summed E-state index contributed by atoms with van der Waals surface area (Å²) >= 11 is 0. The number of hydrogen-bond acceptors (Lipinski definition) is 4. The van der Waals surface area contributed by atoms with Crippen molar-refractivity contribution in [3.05, 3.63) is 59.7 Å². The van der Waals surface area contributed by atoms with Gasteiger partial charge in [-0.3, -0.25) is 4.90 Å². The summed E-state index contributed by atoms with van der Waals surface area (Å²) in [6.07, 6.45) is -0.193. The number of rotatable bonds is 6. The van der Waals surface area contributed by atoms with Gasteiger partial charge in [0.25, 0.3) is 0 Å². The van der Waals surface area contributed by atoms with Gasteiger partial charge in [0.15, 0.2) is 0 Å². The maximum atomic E-state index is 12.9. The van der Waals surface area contributed by atoms with Crippen molar-refractivity contribution < 1.29 is 24.2 Å². The Kier molecular flexibility index (Phi) is 5.04. The largest absolute Gasteiger partial charge is 0.479 e. The Bertz CT molecular complexity index is 889. The van der Waals surface area contributed by atoms with Crippen molar-refractivity contribution in [1.82, 2.24) is 4.90 Å². The normalized spacial score (nSPS) is 22.3. The van der Waals surface area contributed by atoms with Crippen molar-refractivity contribution >= 4 is 12.1 Å². The van der Waals surface area contributed by atoms with E-state index in [-0.39, 0.29) is 38.0 Å². The fourth-order valence-electron chi connectivity index (χ4n) is 4.65. The monoisotopic (exact) mass is 395 g/mol. The van der Waals surface area contributed by atoms with Gasteiger partial charge >= 0.3 is 12.1 Å². The van der Waals surface area contributed by atoms with Gasteiger partial charge in [-0.25, -0.2) is 9.59 Å².